The van der Waals surface area contributed by atoms with Gasteiger partial charge in [-0.1, -0.05) is 12.1 Å². The van der Waals surface area contributed by atoms with Gasteiger partial charge in [-0.15, -0.1) is 0 Å². The van der Waals surface area contributed by atoms with Crippen molar-refractivity contribution in [2.45, 2.75) is 26.4 Å². The van der Waals surface area contributed by atoms with E-state index >= 15 is 0 Å². The van der Waals surface area contributed by atoms with Crippen LogP contribution in [0.25, 0.3) is 33.3 Å². The van der Waals surface area contributed by atoms with Crippen LogP contribution in [0, 0.1) is 11.8 Å². The number of H-pyrrole nitrogens is 1. The molecule has 0 saturated carbocycles. The summed E-state index contributed by atoms with van der Waals surface area (Å²) in [7, 11) is 1.95. The van der Waals surface area contributed by atoms with E-state index in [2.05, 4.69) is 32.2 Å². The van der Waals surface area contributed by atoms with Gasteiger partial charge in [-0.3, -0.25) is 5.10 Å². The van der Waals surface area contributed by atoms with Crippen molar-refractivity contribution in [2.75, 3.05) is 31.1 Å². The van der Waals surface area contributed by atoms with Crippen LogP contribution in [0.2, 0.25) is 0 Å². The first kappa shape index (κ1) is 20.9. The zero-order valence-corrected chi connectivity index (χ0v) is 19.8. The minimum atomic E-state index is -0.483. The SMILES string of the molecule is Cn1cnc2c(-c3ccc4cn[nH]c4c3)nc(N3CC4CN(C(=O)OC(C)(C)C)CC4C3)nc21. The molecular weight excluding hydrogens is 432 g/mol. The van der Waals surface area contributed by atoms with Crippen LogP contribution in [-0.4, -0.2) is 72.5 Å². The van der Waals surface area contributed by atoms with Crippen molar-refractivity contribution in [3.63, 3.8) is 0 Å². The molecule has 176 valence electrons. The summed E-state index contributed by atoms with van der Waals surface area (Å²) in [4.78, 5) is 31.0. The molecule has 2 fully saturated rings. The van der Waals surface area contributed by atoms with Gasteiger partial charge in [-0.05, 0) is 26.8 Å². The van der Waals surface area contributed by atoms with Crippen LogP contribution in [0.15, 0.2) is 30.7 Å². The average Bonchev–Trinajstić information content (AvgIpc) is 3.54. The van der Waals surface area contributed by atoms with E-state index in [0.717, 1.165) is 46.4 Å². The summed E-state index contributed by atoms with van der Waals surface area (Å²) in [5.74, 6) is 1.46. The third-order valence-corrected chi connectivity index (χ3v) is 6.68. The summed E-state index contributed by atoms with van der Waals surface area (Å²) < 4.78 is 7.50. The molecule has 1 aromatic carbocycles. The van der Waals surface area contributed by atoms with Crippen LogP contribution >= 0.6 is 0 Å². The van der Waals surface area contributed by atoms with E-state index in [1.165, 1.54) is 0 Å². The number of ether oxygens (including phenoxy) is 1. The second-order valence-electron chi connectivity index (χ2n) is 10.4. The molecule has 2 saturated heterocycles. The highest BCUT2D eigenvalue weighted by atomic mass is 16.6. The molecule has 0 spiro atoms. The summed E-state index contributed by atoms with van der Waals surface area (Å²) in [6, 6.07) is 6.14. The second-order valence-corrected chi connectivity index (χ2v) is 10.4. The highest BCUT2D eigenvalue weighted by Gasteiger charge is 2.43. The highest BCUT2D eigenvalue weighted by Crippen LogP contribution is 2.35. The number of carbonyl (C=O) groups is 1. The number of nitrogens with zero attached hydrogens (tertiary/aromatic N) is 7. The monoisotopic (exact) mass is 460 g/mol. The summed E-state index contributed by atoms with van der Waals surface area (Å²) in [6.45, 7) is 8.73. The predicted octanol–water partition coefficient (Wildman–Crippen LogP) is 3.21. The Kier molecular flexibility index (Phi) is 4.55. The molecule has 2 unspecified atom stereocenters. The van der Waals surface area contributed by atoms with Crippen LogP contribution in [-0.2, 0) is 11.8 Å². The quantitative estimate of drug-likeness (QED) is 0.490. The van der Waals surface area contributed by atoms with Gasteiger partial charge in [-0.2, -0.15) is 10.1 Å². The summed E-state index contributed by atoms with van der Waals surface area (Å²) >= 11 is 0. The van der Waals surface area contributed by atoms with Crippen molar-refractivity contribution < 1.29 is 9.53 Å². The number of carbonyl (C=O) groups excluding carboxylic acids is 1. The Morgan fingerprint density at radius 2 is 1.88 bits per heavy atom. The Labute approximate surface area is 196 Å². The molecule has 34 heavy (non-hydrogen) atoms. The Morgan fingerprint density at radius 1 is 1.12 bits per heavy atom. The van der Waals surface area contributed by atoms with Gasteiger partial charge in [0.05, 0.1) is 18.0 Å². The molecule has 10 heteroatoms. The maximum absolute atomic E-state index is 12.5. The Balaban J connectivity index is 1.29. The topological polar surface area (TPSA) is 105 Å². The lowest BCUT2D eigenvalue weighted by Gasteiger charge is -2.26. The van der Waals surface area contributed by atoms with E-state index in [9.17, 15) is 4.79 Å². The highest BCUT2D eigenvalue weighted by molar-refractivity contribution is 5.92. The number of rotatable bonds is 2. The minimum absolute atomic E-state index is 0.225. The number of aromatic amines is 1. The molecular formula is C24H28N8O2. The smallest absolute Gasteiger partial charge is 0.410 e. The van der Waals surface area contributed by atoms with E-state index in [4.69, 9.17) is 14.7 Å². The maximum Gasteiger partial charge on any atom is 0.410 e. The molecule has 2 aliphatic rings. The van der Waals surface area contributed by atoms with Gasteiger partial charge < -0.3 is 19.1 Å². The van der Waals surface area contributed by atoms with Gasteiger partial charge in [0, 0.05) is 56.0 Å². The van der Waals surface area contributed by atoms with Crippen LogP contribution in [0.1, 0.15) is 20.8 Å². The molecule has 1 N–H and O–H groups in total. The molecule has 0 aliphatic carbocycles. The van der Waals surface area contributed by atoms with Gasteiger partial charge in [-0.25, -0.2) is 14.8 Å². The van der Waals surface area contributed by atoms with E-state index in [0.29, 0.717) is 30.9 Å². The predicted molar refractivity (Wildman–Crippen MR) is 128 cm³/mol. The minimum Gasteiger partial charge on any atom is -0.444 e. The first-order chi connectivity index (χ1) is 16.2. The molecule has 1 amide bonds. The molecule has 5 heterocycles. The van der Waals surface area contributed by atoms with Gasteiger partial charge in [0.15, 0.2) is 5.65 Å². The lowest BCUT2D eigenvalue weighted by Crippen LogP contribution is -2.37. The number of hydrogen-bond donors (Lipinski definition) is 1. The van der Waals surface area contributed by atoms with E-state index in [1.807, 2.05) is 49.5 Å². The molecule has 0 radical (unpaired) electrons. The standard InChI is InChI=1S/C24H28N8O2/c1-24(2,3)34-23(33)32-11-16-9-31(10-17(16)12-32)22-27-19(20-21(28-22)30(4)13-25-20)14-5-6-15-8-26-29-18(15)7-14/h5-8,13,16-17H,9-12H2,1-4H3,(H,26,29). The first-order valence-corrected chi connectivity index (χ1v) is 11.6. The maximum atomic E-state index is 12.5. The second kappa shape index (κ2) is 7.41. The van der Waals surface area contributed by atoms with Crippen molar-refractivity contribution >= 4 is 34.1 Å². The van der Waals surface area contributed by atoms with Gasteiger partial charge in [0.1, 0.15) is 16.8 Å². The third kappa shape index (κ3) is 3.53. The molecule has 3 aromatic heterocycles. The van der Waals surface area contributed by atoms with Crippen molar-refractivity contribution in [1.29, 1.82) is 0 Å². The van der Waals surface area contributed by atoms with Gasteiger partial charge in [0.2, 0.25) is 5.95 Å². The number of hydrogen-bond acceptors (Lipinski definition) is 7. The number of imidazole rings is 1. The summed E-state index contributed by atoms with van der Waals surface area (Å²) in [6.07, 6.45) is 3.36. The molecule has 0 bridgehead atoms. The summed E-state index contributed by atoms with van der Waals surface area (Å²) in [5.41, 5.74) is 3.84. The number of fused-ring (bicyclic) bond motifs is 3. The van der Waals surface area contributed by atoms with Crippen LogP contribution in [0.3, 0.4) is 0 Å². The van der Waals surface area contributed by atoms with E-state index in [-0.39, 0.29) is 6.09 Å². The lowest BCUT2D eigenvalue weighted by molar-refractivity contribution is 0.0282. The Bertz CT molecular complexity index is 1390. The normalized spacial score (nSPS) is 20.5. The molecule has 6 rings (SSSR count). The largest absolute Gasteiger partial charge is 0.444 e. The number of nitrogens with one attached hydrogen (secondary N) is 1. The third-order valence-electron chi connectivity index (χ3n) is 6.68. The average molecular weight is 461 g/mol. The van der Waals surface area contributed by atoms with Gasteiger partial charge in [0.25, 0.3) is 0 Å². The van der Waals surface area contributed by atoms with Gasteiger partial charge >= 0.3 is 6.09 Å². The molecule has 2 aliphatic heterocycles. The molecule has 2 atom stereocenters. The first-order valence-electron chi connectivity index (χ1n) is 11.6. The fourth-order valence-corrected chi connectivity index (χ4v) is 5.05. The van der Waals surface area contributed by atoms with E-state index in [1.54, 1.807) is 6.33 Å². The Morgan fingerprint density at radius 3 is 2.62 bits per heavy atom. The molecule has 4 aromatic rings. The fourth-order valence-electron chi connectivity index (χ4n) is 5.05. The number of likely N-dealkylation sites (tertiary alicyclic amines) is 1. The van der Waals surface area contributed by atoms with E-state index < -0.39 is 5.60 Å². The van der Waals surface area contributed by atoms with Crippen LogP contribution < -0.4 is 4.90 Å². The number of aryl methyl sites for hydroxylation is 1. The zero-order valence-electron chi connectivity index (χ0n) is 19.8. The number of aromatic nitrogens is 6. The number of amides is 1. The van der Waals surface area contributed by atoms with Crippen LogP contribution in [0.5, 0.6) is 0 Å². The van der Waals surface area contributed by atoms with Crippen molar-refractivity contribution in [3.8, 4) is 11.3 Å². The van der Waals surface area contributed by atoms with Crippen molar-refractivity contribution in [3.05, 3.63) is 30.7 Å². The van der Waals surface area contributed by atoms with Crippen molar-refractivity contribution in [2.24, 2.45) is 18.9 Å². The Hall–Kier alpha value is -3.69. The zero-order chi connectivity index (χ0) is 23.6. The van der Waals surface area contributed by atoms with Crippen LogP contribution in [0.4, 0.5) is 10.7 Å². The number of anilines is 1. The summed E-state index contributed by atoms with van der Waals surface area (Å²) in [5, 5.41) is 8.22. The van der Waals surface area contributed by atoms with Crippen molar-refractivity contribution in [1.82, 2.24) is 34.6 Å². The number of benzene rings is 1. The fraction of sp³-hybridized carbons (Fsp3) is 0.458. The molecule has 10 nitrogen and oxygen atoms in total. The lowest BCUT2D eigenvalue weighted by atomic mass is 10.0.